The molecule has 1 aromatic carbocycles. The first-order valence-electron chi connectivity index (χ1n) is 8.47. The summed E-state index contributed by atoms with van der Waals surface area (Å²) in [6, 6.07) is 3.53. The second-order valence-electron chi connectivity index (χ2n) is 6.26. The normalized spacial score (nSPS) is 11.4. The van der Waals surface area contributed by atoms with Crippen molar-refractivity contribution in [2.45, 2.75) is 32.9 Å². The van der Waals surface area contributed by atoms with E-state index in [0.717, 1.165) is 5.56 Å². The summed E-state index contributed by atoms with van der Waals surface area (Å²) in [4.78, 5) is 34.9. The summed E-state index contributed by atoms with van der Waals surface area (Å²) in [6.07, 6.45) is 0.356. The number of carbonyl (C=O) groups excluding carboxylic acids is 3. The molecule has 1 aromatic rings. The number of nitrogens with two attached hydrogens (primary N) is 1. The van der Waals surface area contributed by atoms with E-state index < -0.39 is 30.6 Å². The molecule has 0 aromatic heterocycles. The van der Waals surface area contributed by atoms with E-state index in [1.807, 2.05) is 13.8 Å². The van der Waals surface area contributed by atoms with Gasteiger partial charge in [-0.05, 0) is 30.0 Å². The van der Waals surface area contributed by atoms with Crippen LogP contribution in [-0.2, 0) is 20.9 Å². The third-order valence-electron chi connectivity index (χ3n) is 3.59. The number of esters is 1. The highest BCUT2D eigenvalue weighted by atomic mass is 16.5. The first-order chi connectivity index (χ1) is 12.8. The predicted octanol–water partition coefficient (Wildman–Crippen LogP) is 0.946. The molecule has 0 aliphatic rings. The number of nitrogens with one attached hydrogen (secondary N) is 2. The molecule has 4 N–H and O–H groups in total. The third kappa shape index (κ3) is 7.85. The molecule has 1 atom stereocenters. The molecule has 0 aliphatic heterocycles. The smallest absolute Gasteiger partial charge is 0.329 e. The van der Waals surface area contributed by atoms with Gasteiger partial charge in [-0.25, -0.2) is 9.59 Å². The van der Waals surface area contributed by atoms with Crippen LogP contribution in [0.5, 0.6) is 11.5 Å². The molecule has 0 radical (unpaired) electrons. The molecule has 0 heterocycles. The maximum Gasteiger partial charge on any atom is 0.329 e. The molecule has 0 saturated carbocycles. The van der Waals surface area contributed by atoms with Crippen LogP contribution in [0.25, 0.3) is 0 Å². The van der Waals surface area contributed by atoms with E-state index in [9.17, 15) is 14.4 Å². The highest BCUT2D eigenvalue weighted by Crippen LogP contribution is 2.27. The van der Waals surface area contributed by atoms with Gasteiger partial charge >= 0.3 is 12.0 Å². The molecule has 3 amide bonds. The van der Waals surface area contributed by atoms with Crippen LogP contribution >= 0.6 is 0 Å². The van der Waals surface area contributed by atoms with E-state index in [4.69, 9.17) is 19.9 Å². The van der Waals surface area contributed by atoms with Crippen molar-refractivity contribution >= 4 is 17.9 Å². The van der Waals surface area contributed by atoms with Gasteiger partial charge in [0.1, 0.15) is 6.04 Å². The monoisotopic (exact) mass is 381 g/mol. The van der Waals surface area contributed by atoms with Crippen molar-refractivity contribution in [2.24, 2.45) is 11.7 Å². The van der Waals surface area contributed by atoms with Gasteiger partial charge in [-0.1, -0.05) is 19.9 Å². The van der Waals surface area contributed by atoms with Crippen molar-refractivity contribution in [3.63, 3.8) is 0 Å². The Morgan fingerprint density at radius 2 is 1.78 bits per heavy atom. The highest BCUT2D eigenvalue weighted by Gasteiger charge is 2.23. The molecular weight excluding hydrogens is 354 g/mol. The molecule has 9 heteroatoms. The summed E-state index contributed by atoms with van der Waals surface area (Å²) in [5.41, 5.74) is 5.86. The van der Waals surface area contributed by atoms with Crippen molar-refractivity contribution < 1.29 is 28.6 Å². The van der Waals surface area contributed by atoms with Gasteiger partial charge in [0.05, 0.1) is 14.2 Å². The first kappa shape index (κ1) is 22.1. The molecule has 150 valence electrons. The van der Waals surface area contributed by atoms with E-state index in [2.05, 4.69) is 10.6 Å². The fourth-order valence-corrected chi connectivity index (χ4v) is 2.34. The third-order valence-corrected chi connectivity index (χ3v) is 3.59. The van der Waals surface area contributed by atoms with E-state index in [1.165, 1.54) is 14.2 Å². The maximum absolute atomic E-state index is 12.0. The predicted molar refractivity (Wildman–Crippen MR) is 98.3 cm³/mol. The number of benzene rings is 1. The Balaban J connectivity index is 2.52. The lowest BCUT2D eigenvalue weighted by Gasteiger charge is -2.18. The number of methoxy groups -OCH3 is 2. The number of carbonyl (C=O) groups is 3. The van der Waals surface area contributed by atoms with Crippen molar-refractivity contribution in [1.82, 2.24) is 10.6 Å². The second-order valence-corrected chi connectivity index (χ2v) is 6.26. The van der Waals surface area contributed by atoms with Crippen LogP contribution in [0.3, 0.4) is 0 Å². The SMILES string of the molecule is COc1ccc(CNC(=O)COC(=O)C(CC(C)C)NC(N)=O)cc1OC. The molecule has 0 aliphatic carbocycles. The van der Waals surface area contributed by atoms with E-state index in [0.29, 0.717) is 17.9 Å². The average Bonchev–Trinajstić information content (AvgIpc) is 2.62. The molecule has 0 bridgehead atoms. The van der Waals surface area contributed by atoms with Gasteiger partial charge in [0, 0.05) is 6.54 Å². The topological polar surface area (TPSA) is 129 Å². The summed E-state index contributed by atoms with van der Waals surface area (Å²) in [5, 5.41) is 4.96. The zero-order chi connectivity index (χ0) is 20.4. The highest BCUT2D eigenvalue weighted by molar-refractivity contribution is 5.85. The van der Waals surface area contributed by atoms with Gasteiger partial charge in [-0.3, -0.25) is 4.79 Å². The maximum atomic E-state index is 12.0. The van der Waals surface area contributed by atoms with Crippen molar-refractivity contribution in [2.75, 3.05) is 20.8 Å². The summed E-state index contributed by atoms with van der Waals surface area (Å²) >= 11 is 0. The quantitative estimate of drug-likeness (QED) is 0.518. The van der Waals surface area contributed by atoms with Crippen molar-refractivity contribution in [1.29, 1.82) is 0 Å². The number of primary amides is 1. The lowest BCUT2D eigenvalue weighted by molar-refractivity contribution is -0.150. The summed E-state index contributed by atoms with van der Waals surface area (Å²) in [7, 11) is 3.06. The van der Waals surface area contributed by atoms with E-state index in [1.54, 1.807) is 18.2 Å². The van der Waals surface area contributed by atoms with E-state index in [-0.39, 0.29) is 12.5 Å². The van der Waals surface area contributed by atoms with Gasteiger partial charge in [-0.2, -0.15) is 0 Å². The molecule has 9 nitrogen and oxygen atoms in total. The minimum atomic E-state index is -0.888. The van der Waals surface area contributed by atoms with Crippen LogP contribution in [0.2, 0.25) is 0 Å². The standard InChI is InChI=1S/C18H27N3O6/c1-11(2)7-13(21-18(19)24)17(23)27-10-16(22)20-9-12-5-6-14(25-3)15(8-12)26-4/h5-6,8,11,13H,7,9-10H2,1-4H3,(H,20,22)(H3,19,21,24). The van der Waals surface area contributed by atoms with Gasteiger partial charge in [0.25, 0.3) is 5.91 Å². The Kier molecular flexibility index (Phi) is 8.91. The Labute approximate surface area is 158 Å². The lowest BCUT2D eigenvalue weighted by Crippen LogP contribution is -2.45. The van der Waals surface area contributed by atoms with Crippen LogP contribution in [0.4, 0.5) is 4.79 Å². The molecule has 0 saturated heterocycles. The molecule has 0 spiro atoms. The molecule has 0 fully saturated rings. The van der Waals surface area contributed by atoms with Crippen LogP contribution in [0, 0.1) is 5.92 Å². The minimum absolute atomic E-state index is 0.133. The first-order valence-corrected chi connectivity index (χ1v) is 8.47. The molecular formula is C18H27N3O6. The van der Waals surface area contributed by atoms with Crippen LogP contribution in [0.1, 0.15) is 25.8 Å². The minimum Gasteiger partial charge on any atom is -0.493 e. The van der Waals surface area contributed by atoms with Gasteiger partial charge < -0.3 is 30.6 Å². The number of urea groups is 1. The van der Waals surface area contributed by atoms with Crippen LogP contribution < -0.4 is 25.8 Å². The zero-order valence-corrected chi connectivity index (χ0v) is 16.0. The van der Waals surface area contributed by atoms with Gasteiger partial charge in [0.2, 0.25) is 0 Å². The van der Waals surface area contributed by atoms with E-state index >= 15 is 0 Å². The lowest BCUT2D eigenvalue weighted by atomic mass is 10.0. The number of hydrogen-bond donors (Lipinski definition) is 3. The Morgan fingerprint density at radius 1 is 1.11 bits per heavy atom. The number of amides is 3. The van der Waals surface area contributed by atoms with Crippen molar-refractivity contribution in [3.8, 4) is 11.5 Å². The fraction of sp³-hybridized carbons (Fsp3) is 0.500. The van der Waals surface area contributed by atoms with Crippen LogP contribution in [-0.4, -0.2) is 44.8 Å². The fourth-order valence-electron chi connectivity index (χ4n) is 2.34. The number of rotatable bonds is 10. The zero-order valence-electron chi connectivity index (χ0n) is 16.0. The summed E-state index contributed by atoms with van der Waals surface area (Å²) < 4.78 is 15.3. The van der Waals surface area contributed by atoms with Crippen LogP contribution in [0.15, 0.2) is 18.2 Å². The van der Waals surface area contributed by atoms with Gasteiger partial charge in [-0.15, -0.1) is 0 Å². The average molecular weight is 381 g/mol. The Morgan fingerprint density at radius 3 is 2.33 bits per heavy atom. The molecule has 1 rings (SSSR count). The molecule has 27 heavy (non-hydrogen) atoms. The number of hydrogen-bond acceptors (Lipinski definition) is 6. The second kappa shape index (κ2) is 10.9. The molecule has 1 unspecified atom stereocenters. The van der Waals surface area contributed by atoms with Crippen molar-refractivity contribution in [3.05, 3.63) is 23.8 Å². The largest absolute Gasteiger partial charge is 0.493 e. The Bertz CT molecular complexity index is 662. The van der Waals surface area contributed by atoms with Gasteiger partial charge in [0.15, 0.2) is 18.1 Å². The number of ether oxygens (including phenoxy) is 3. The summed E-state index contributed by atoms with van der Waals surface area (Å²) in [5.74, 6) is 0.0851. The Hall–Kier alpha value is -2.97. The summed E-state index contributed by atoms with van der Waals surface area (Å²) in [6.45, 7) is 3.55.